The van der Waals surface area contributed by atoms with Gasteiger partial charge in [0.25, 0.3) is 5.56 Å². The number of nitrogen functional groups attached to an aromatic ring is 1. The normalized spacial score (nSPS) is 12.2. The Labute approximate surface area is 167 Å². The molecule has 0 saturated heterocycles. The van der Waals surface area contributed by atoms with Gasteiger partial charge in [-0.05, 0) is 25.5 Å². The van der Waals surface area contributed by atoms with Crippen LogP contribution in [-0.2, 0) is 7.05 Å². The second-order valence-electron chi connectivity index (χ2n) is 6.81. The second kappa shape index (κ2) is 7.34. The second-order valence-corrected chi connectivity index (χ2v) is 6.81. The lowest BCUT2D eigenvalue weighted by Gasteiger charge is -2.22. The van der Waals surface area contributed by atoms with Crippen LogP contribution in [0.2, 0.25) is 0 Å². The molecular weight excluding hydrogens is 368 g/mol. The summed E-state index contributed by atoms with van der Waals surface area (Å²) in [6, 6.07) is 11.0. The number of benzene rings is 1. The van der Waals surface area contributed by atoms with E-state index in [1.54, 1.807) is 22.5 Å². The molecule has 3 aromatic heterocycles. The minimum atomic E-state index is -0.282. The van der Waals surface area contributed by atoms with E-state index in [4.69, 9.17) is 10.7 Å². The Morgan fingerprint density at radius 3 is 2.62 bits per heavy atom. The summed E-state index contributed by atoms with van der Waals surface area (Å²) in [5.74, 6) is 1.35. The van der Waals surface area contributed by atoms with Gasteiger partial charge in [-0.2, -0.15) is 10.1 Å². The van der Waals surface area contributed by atoms with Crippen molar-refractivity contribution in [3.8, 4) is 5.69 Å². The quantitative estimate of drug-likeness (QED) is 0.537. The van der Waals surface area contributed by atoms with Crippen molar-refractivity contribution in [2.45, 2.75) is 26.3 Å². The Kier molecular flexibility index (Phi) is 4.71. The van der Waals surface area contributed by atoms with Gasteiger partial charge in [0.05, 0.1) is 17.9 Å². The maximum atomic E-state index is 13.3. The van der Waals surface area contributed by atoms with E-state index in [9.17, 15) is 4.79 Å². The van der Waals surface area contributed by atoms with Gasteiger partial charge < -0.3 is 11.1 Å². The number of rotatable bonds is 5. The van der Waals surface area contributed by atoms with Crippen LogP contribution in [0.3, 0.4) is 0 Å². The maximum Gasteiger partial charge on any atom is 0.269 e. The summed E-state index contributed by atoms with van der Waals surface area (Å²) in [5, 5.41) is 8.03. The molecule has 0 radical (unpaired) electrons. The summed E-state index contributed by atoms with van der Waals surface area (Å²) in [6.45, 7) is 3.87. The number of nitrogens with zero attached hydrogens (tertiary/aromatic N) is 6. The van der Waals surface area contributed by atoms with Gasteiger partial charge in [-0.25, -0.2) is 9.97 Å². The Hall–Kier alpha value is -3.75. The predicted molar refractivity (Wildman–Crippen MR) is 112 cm³/mol. The number of nitrogens with two attached hydrogens (primary N) is 1. The van der Waals surface area contributed by atoms with Crippen molar-refractivity contribution in [1.29, 1.82) is 0 Å². The fourth-order valence-electron chi connectivity index (χ4n) is 3.35. The van der Waals surface area contributed by atoms with Crippen LogP contribution < -0.4 is 16.6 Å². The van der Waals surface area contributed by atoms with Crippen LogP contribution in [-0.4, -0.2) is 29.3 Å². The van der Waals surface area contributed by atoms with Gasteiger partial charge in [0.2, 0.25) is 5.95 Å². The fourth-order valence-corrected chi connectivity index (χ4v) is 3.35. The summed E-state index contributed by atoms with van der Waals surface area (Å²) < 4.78 is 3.23. The number of aryl methyl sites for hydroxylation is 2. The zero-order chi connectivity index (χ0) is 20.5. The molecule has 4 aromatic rings. The van der Waals surface area contributed by atoms with E-state index < -0.39 is 0 Å². The first-order valence-electron chi connectivity index (χ1n) is 9.35. The van der Waals surface area contributed by atoms with E-state index in [0.29, 0.717) is 29.1 Å². The summed E-state index contributed by atoms with van der Waals surface area (Å²) in [4.78, 5) is 26.5. The van der Waals surface area contributed by atoms with Crippen LogP contribution in [0.4, 0.5) is 11.8 Å². The lowest BCUT2D eigenvalue weighted by Crippen LogP contribution is -2.28. The van der Waals surface area contributed by atoms with E-state index in [1.165, 1.54) is 0 Å². The first kappa shape index (κ1) is 18.6. The molecular formula is C20H22N8O. The Morgan fingerprint density at radius 2 is 1.93 bits per heavy atom. The third-order valence-corrected chi connectivity index (χ3v) is 4.72. The van der Waals surface area contributed by atoms with Crippen molar-refractivity contribution in [3.05, 3.63) is 64.5 Å². The molecule has 29 heavy (non-hydrogen) atoms. The largest absolute Gasteiger partial charge is 0.368 e. The third-order valence-electron chi connectivity index (χ3n) is 4.72. The lowest BCUT2D eigenvalue weighted by atomic mass is 10.1. The molecule has 0 aliphatic rings. The molecule has 1 aromatic carbocycles. The molecule has 0 fully saturated rings. The minimum absolute atomic E-state index is 0.164. The summed E-state index contributed by atoms with van der Waals surface area (Å²) in [5.41, 5.74) is 7.67. The molecule has 0 bridgehead atoms. The smallest absolute Gasteiger partial charge is 0.269 e. The number of para-hydroxylation sites is 1. The molecule has 0 amide bonds. The molecule has 0 aliphatic heterocycles. The molecule has 0 spiro atoms. The van der Waals surface area contributed by atoms with Crippen molar-refractivity contribution in [2.75, 3.05) is 11.1 Å². The van der Waals surface area contributed by atoms with E-state index in [2.05, 4.69) is 20.4 Å². The minimum Gasteiger partial charge on any atom is -0.368 e. The van der Waals surface area contributed by atoms with E-state index in [1.807, 2.05) is 50.2 Å². The van der Waals surface area contributed by atoms with Crippen LogP contribution in [0.5, 0.6) is 0 Å². The van der Waals surface area contributed by atoms with Gasteiger partial charge >= 0.3 is 0 Å². The molecule has 0 unspecified atom stereocenters. The van der Waals surface area contributed by atoms with Gasteiger partial charge in [-0.15, -0.1) is 0 Å². The number of hydrogen-bond donors (Lipinski definition) is 2. The van der Waals surface area contributed by atoms with Gasteiger partial charge in [0, 0.05) is 18.8 Å². The van der Waals surface area contributed by atoms with Crippen LogP contribution in [0.15, 0.2) is 47.4 Å². The fraction of sp³-hybridized carbons (Fsp3) is 0.250. The highest BCUT2D eigenvalue weighted by atomic mass is 16.1. The third kappa shape index (κ3) is 3.42. The van der Waals surface area contributed by atoms with Crippen molar-refractivity contribution in [3.63, 3.8) is 0 Å². The molecule has 3 heterocycles. The van der Waals surface area contributed by atoms with Crippen molar-refractivity contribution in [1.82, 2.24) is 29.3 Å². The van der Waals surface area contributed by atoms with E-state index >= 15 is 0 Å². The van der Waals surface area contributed by atoms with Crippen LogP contribution >= 0.6 is 0 Å². The Bertz CT molecular complexity index is 1210. The lowest BCUT2D eigenvalue weighted by molar-refractivity contribution is 0.653. The van der Waals surface area contributed by atoms with Crippen molar-refractivity contribution < 1.29 is 0 Å². The van der Waals surface area contributed by atoms with Crippen molar-refractivity contribution in [2.24, 2.45) is 7.05 Å². The molecule has 1 atom stereocenters. The Balaban J connectivity index is 1.92. The number of fused-ring (bicyclic) bond motifs is 1. The van der Waals surface area contributed by atoms with Gasteiger partial charge in [-0.1, -0.05) is 25.1 Å². The number of nitrogens with one attached hydrogen (secondary N) is 1. The standard InChI is InChI=1S/C20H22N8O/c1-4-15(24-16-10-12(2)23-20(21)25-16)18-26-17-14(11-22-27(17)3)19(29)28(18)13-8-6-5-7-9-13/h5-11,15H,4H2,1-3H3,(H3,21,23,24,25)/t15-/m1/s1. The average Bonchev–Trinajstić information content (AvgIpc) is 3.07. The van der Waals surface area contributed by atoms with Gasteiger partial charge in [0.1, 0.15) is 17.0 Å². The highest BCUT2D eigenvalue weighted by molar-refractivity contribution is 5.74. The molecule has 4 rings (SSSR count). The topological polar surface area (TPSA) is 117 Å². The average molecular weight is 390 g/mol. The zero-order valence-electron chi connectivity index (χ0n) is 16.5. The monoisotopic (exact) mass is 390 g/mol. The maximum absolute atomic E-state index is 13.3. The van der Waals surface area contributed by atoms with Crippen LogP contribution in [0, 0.1) is 6.92 Å². The first-order valence-corrected chi connectivity index (χ1v) is 9.35. The van der Waals surface area contributed by atoms with E-state index in [0.717, 1.165) is 11.4 Å². The summed E-state index contributed by atoms with van der Waals surface area (Å²) >= 11 is 0. The first-order chi connectivity index (χ1) is 14.0. The molecule has 9 heteroatoms. The molecule has 9 nitrogen and oxygen atoms in total. The molecule has 0 saturated carbocycles. The molecule has 3 N–H and O–H groups in total. The highest BCUT2D eigenvalue weighted by Crippen LogP contribution is 2.24. The van der Waals surface area contributed by atoms with E-state index in [-0.39, 0.29) is 17.5 Å². The Morgan fingerprint density at radius 1 is 1.17 bits per heavy atom. The van der Waals surface area contributed by atoms with Crippen molar-refractivity contribution >= 4 is 22.8 Å². The number of aromatic nitrogens is 6. The van der Waals surface area contributed by atoms with Gasteiger partial charge in [-0.3, -0.25) is 14.0 Å². The highest BCUT2D eigenvalue weighted by Gasteiger charge is 2.22. The summed E-state index contributed by atoms with van der Waals surface area (Å²) in [7, 11) is 1.77. The summed E-state index contributed by atoms with van der Waals surface area (Å²) in [6.07, 6.45) is 2.22. The van der Waals surface area contributed by atoms with Crippen LogP contribution in [0.1, 0.15) is 30.9 Å². The predicted octanol–water partition coefficient (Wildman–Crippen LogP) is 2.36. The SMILES string of the molecule is CC[C@@H](Nc1cc(C)nc(N)n1)c1nc2c(cnn2C)c(=O)n1-c1ccccc1. The molecule has 148 valence electrons. The molecule has 0 aliphatic carbocycles. The zero-order valence-corrected chi connectivity index (χ0v) is 16.5. The number of hydrogen-bond acceptors (Lipinski definition) is 7. The van der Waals surface area contributed by atoms with Gasteiger partial charge in [0.15, 0.2) is 5.65 Å². The number of anilines is 2. The van der Waals surface area contributed by atoms with Crippen LogP contribution in [0.25, 0.3) is 16.7 Å².